The minimum absolute atomic E-state index is 0.00968. The average Bonchev–Trinajstić information content (AvgIpc) is 2.29. The molecule has 0 aromatic heterocycles. The number of ketones is 1. The molecule has 0 aliphatic rings. The molecular weight excluding hydrogens is 211 g/mol. The number of Topliss-reactive ketones (excluding diaryl/α,β-unsaturated/α-hetero) is 1. The van der Waals surface area contributed by atoms with Crippen molar-refractivity contribution >= 4 is 5.78 Å². The molecule has 0 aliphatic carbocycles. The lowest BCUT2D eigenvalue weighted by molar-refractivity contribution is 0.0756. The van der Waals surface area contributed by atoms with E-state index in [2.05, 4.69) is 0 Å². The molecule has 3 nitrogen and oxygen atoms in total. The zero-order chi connectivity index (χ0) is 12.0. The predicted octanol–water partition coefficient (Wildman–Crippen LogP) is 2.44. The third kappa shape index (κ3) is 3.03. The van der Waals surface area contributed by atoms with Crippen molar-refractivity contribution in [2.75, 3.05) is 20.3 Å². The third-order valence-electron chi connectivity index (χ3n) is 2.07. The zero-order valence-corrected chi connectivity index (χ0v) is 9.46. The Morgan fingerprint density at radius 1 is 1.44 bits per heavy atom. The van der Waals surface area contributed by atoms with Gasteiger partial charge in [0.1, 0.15) is 6.61 Å². The molecule has 4 heteroatoms. The van der Waals surface area contributed by atoms with Crippen LogP contribution in [0.2, 0.25) is 0 Å². The Kier molecular flexibility index (Phi) is 4.92. The predicted molar refractivity (Wildman–Crippen MR) is 58.4 cm³/mol. The Morgan fingerprint density at radius 3 is 2.81 bits per heavy atom. The number of carbonyl (C=O) groups excluding carboxylic acids is 1. The van der Waals surface area contributed by atoms with E-state index in [1.807, 2.05) is 6.92 Å². The first kappa shape index (κ1) is 12.6. The maximum Gasteiger partial charge on any atom is 0.191 e. The number of hydrogen-bond donors (Lipinski definition) is 0. The molecule has 0 radical (unpaired) electrons. The van der Waals surface area contributed by atoms with Crippen molar-refractivity contribution in [3.8, 4) is 5.75 Å². The first-order valence-corrected chi connectivity index (χ1v) is 5.14. The highest BCUT2D eigenvalue weighted by Gasteiger charge is 2.15. The summed E-state index contributed by atoms with van der Waals surface area (Å²) in [5, 5.41) is 0. The van der Waals surface area contributed by atoms with E-state index in [-0.39, 0.29) is 23.7 Å². The highest BCUT2D eigenvalue weighted by atomic mass is 19.1. The van der Waals surface area contributed by atoms with E-state index in [0.29, 0.717) is 6.61 Å². The monoisotopic (exact) mass is 226 g/mol. The largest absolute Gasteiger partial charge is 0.494 e. The van der Waals surface area contributed by atoms with Gasteiger partial charge in [-0.3, -0.25) is 4.79 Å². The fourth-order valence-corrected chi connectivity index (χ4v) is 1.27. The third-order valence-corrected chi connectivity index (χ3v) is 2.07. The summed E-state index contributed by atoms with van der Waals surface area (Å²) in [5.41, 5.74) is 0.00968. The van der Waals surface area contributed by atoms with Gasteiger partial charge < -0.3 is 9.47 Å². The highest BCUT2D eigenvalue weighted by Crippen LogP contribution is 2.20. The van der Waals surface area contributed by atoms with Crippen LogP contribution in [0.4, 0.5) is 4.39 Å². The van der Waals surface area contributed by atoms with Gasteiger partial charge in [0.15, 0.2) is 17.3 Å². The first-order valence-electron chi connectivity index (χ1n) is 5.14. The van der Waals surface area contributed by atoms with Crippen LogP contribution < -0.4 is 4.74 Å². The van der Waals surface area contributed by atoms with Crippen molar-refractivity contribution in [2.45, 2.75) is 13.3 Å². The molecule has 1 aromatic carbocycles. The second-order valence-electron chi connectivity index (χ2n) is 3.30. The Bertz CT molecular complexity index is 363. The van der Waals surface area contributed by atoms with E-state index in [1.54, 1.807) is 6.07 Å². The fraction of sp³-hybridized carbons (Fsp3) is 0.417. The van der Waals surface area contributed by atoms with Gasteiger partial charge in [-0.25, -0.2) is 4.39 Å². The van der Waals surface area contributed by atoms with Gasteiger partial charge in [-0.1, -0.05) is 13.0 Å². The number of ether oxygens (including phenoxy) is 2. The van der Waals surface area contributed by atoms with Gasteiger partial charge in [0.25, 0.3) is 0 Å². The molecule has 0 amide bonds. The van der Waals surface area contributed by atoms with Gasteiger partial charge in [0, 0.05) is 6.61 Å². The molecule has 0 bridgehead atoms. The van der Waals surface area contributed by atoms with E-state index in [0.717, 1.165) is 6.42 Å². The Labute approximate surface area is 94.2 Å². The van der Waals surface area contributed by atoms with Crippen LogP contribution in [0.25, 0.3) is 0 Å². The number of benzene rings is 1. The van der Waals surface area contributed by atoms with Crippen molar-refractivity contribution in [1.29, 1.82) is 0 Å². The molecule has 0 aliphatic heterocycles. The maximum atomic E-state index is 13.6. The van der Waals surface area contributed by atoms with Gasteiger partial charge in [0.2, 0.25) is 0 Å². The van der Waals surface area contributed by atoms with Gasteiger partial charge in [0.05, 0.1) is 12.7 Å². The van der Waals surface area contributed by atoms with E-state index < -0.39 is 5.82 Å². The van der Waals surface area contributed by atoms with Gasteiger partial charge in [-0.15, -0.1) is 0 Å². The lowest BCUT2D eigenvalue weighted by Crippen LogP contribution is -2.11. The second-order valence-corrected chi connectivity index (χ2v) is 3.30. The van der Waals surface area contributed by atoms with Crippen LogP contribution in [0.3, 0.4) is 0 Å². The molecule has 0 spiro atoms. The molecule has 88 valence electrons. The molecule has 1 aromatic rings. The number of hydrogen-bond acceptors (Lipinski definition) is 3. The maximum absolute atomic E-state index is 13.6. The van der Waals surface area contributed by atoms with E-state index in [1.165, 1.54) is 19.2 Å². The number of rotatable bonds is 6. The number of carbonyl (C=O) groups is 1. The summed E-state index contributed by atoms with van der Waals surface area (Å²) in [6.45, 7) is 2.34. The molecule has 0 saturated heterocycles. The molecule has 0 fully saturated rings. The van der Waals surface area contributed by atoms with Crippen LogP contribution in [0, 0.1) is 5.82 Å². The number of halogens is 1. The Morgan fingerprint density at radius 2 is 2.19 bits per heavy atom. The quantitative estimate of drug-likeness (QED) is 0.552. The topological polar surface area (TPSA) is 35.5 Å². The van der Waals surface area contributed by atoms with Crippen LogP contribution in [-0.2, 0) is 4.74 Å². The van der Waals surface area contributed by atoms with Crippen LogP contribution in [0.15, 0.2) is 18.2 Å². The summed E-state index contributed by atoms with van der Waals surface area (Å²) >= 11 is 0. The molecule has 0 N–H and O–H groups in total. The van der Waals surface area contributed by atoms with Crippen LogP contribution in [0.5, 0.6) is 5.75 Å². The van der Waals surface area contributed by atoms with Crippen molar-refractivity contribution < 1.29 is 18.7 Å². The van der Waals surface area contributed by atoms with E-state index in [4.69, 9.17) is 9.47 Å². The number of methoxy groups -OCH3 is 1. The van der Waals surface area contributed by atoms with Crippen LogP contribution >= 0.6 is 0 Å². The van der Waals surface area contributed by atoms with Crippen molar-refractivity contribution in [1.82, 2.24) is 0 Å². The summed E-state index contributed by atoms with van der Waals surface area (Å²) in [4.78, 5) is 11.6. The molecule has 16 heavy (non-hydrogen) atoms. The van der Waals surface area contributed by atoms with Gasteiger partial charge >= 0.3 is 0 Å². The second kappa shape index (κ2) is 6.23. The molecule has 0 unspecified atom stereocenters. The molecular formula is C12H15FO3. The standard InChI is InChI=1S/C12H15FO3/c1-3-7-16-8-10(14)9-5-4-6-11(15-2)12(9)13/h4-6H,3,7-8H2,1-2H3. The summed E-state index contributed by atoms with van der Waals surface area (Å²) < 4.78 is 23.5. The van der Waals surface area contributed by atoms with Gasteiger partial charge in [-0.05, 0) is 18.6 Å². The van der Waals surface area contributed by atoms with Crippen molar-refractivity contribution in [3.05, 3.63) is 29.6 Å². The van der Waals surface area contributed by atoms with Crippen LogP contribution in [0.1, 0.15) is 23.7 Å². The first-order chi connectivity index (χ1) is 7.70. The van der Waals surface area contributed by atoms with E-state index in [9.17, 15) is 9.18 Å². The lowest BCUT2D eigenvalue weighted by Gasteiger charge is -2.06. The fourth-order valence-electron chi connectivity index (χ4n) is 1.27. The molecule has 0 atom stereocenters. The Hall–Kier alpha value is -1.42. The minimum atomic E-state index is -0.630. The normalized spacial score (nSPS) is 10.2. The van der Waals surface area contributed by atoms with Crippen molar-refractivity contribution in [2.24, 2.45) is 0 Å². The summed E-state index contributed by atoms with van der Waals surface area (Å²) in [6, 6.07) is 4.48. The zero-order valence-electron chi connectivity index (χ0n) is 9.46. The lowest BCUT2D eigenvalue weighted by atomic mass is 10.1. The Balaban J connectivity index is 2.75. The summed E-state index contributed by atoms with van der Waals surface area (Å²) in [7, 11) is 1.36. The van der Waals surface area contributed by atoms with Crippen molar-refractivity contribution in [3.63, 3.8) is 0 Å². The SMILES string of the molecule is CCCOCC(=O)c1cccc(OC)c1F. The molecule has 0 heterocycles. The van der Waals surface area contributed by atoms with Crippen LogP contribution in [-0.4, -0.2) is 26.1 Å². The highest BCUT2D eigenvalue weighted by molar-refractivity contribution is 5.97. The van der Waals surface area contributed by atoms with Gasteiger partial charge in [-0.2, -0.15) is 0 Å². The van der Waals surface area contributed by atoms with E-state index >= 15 is 0 Å². The smallest absolute Gasteiger partial charge is 0.191 e. The molecule has 1 rings (SSSR count). The minimum Gasteiger partial charge on any atom is -0.494 e. The average molecular weight is 226 g/mol. The summed E-state index contributed by atoms with van der Waals surface area (Å²) in [5.74, 6) is -0.929. The molecule has 0 saturated carbocycles. The summed E-state index contributed by atoms with van der Waals surface area (Å²) in [6.07, 6.45) is 0.827.